The summed E-state index contributed by atoms with van der Waals surface area (Å²) >= 11 is 0. The van der Waals surface area contributed by atoms with Gasteiger partial charge in [-0.15, -0.1) is 0 Å². The number of rotatable bonds is 5. The van der Waals surface area contributed by atoms with E-state index in [2.05, 4.69) is 30.9 Å². The minimum absolute atomic E-state index is 0.0788. The fourth-order valence-electron chi connectivity index (χ4n) is 5.87. The number of fused-ring (bicyclic) bond motifs is 3. The van der Waals surface area contributed by atoms with E-state index in [0.29, 0.717) is 23.1 Å². The zero-order valence-electron chi connectivity index (χ0n) is 26.2. The molecule has 7 rings (SSSR count). The van der Waals surface area contributed by atoms with E-state index >= 15 is 0 Å². The predicted molar refractivity (Wildman–Crippen MR) is 188 cm³/mol. The smallest absolute Gasteiger partial charge is 0.239 e. The van der Waals surface area contributed by atoms with Gasteiger partial charge in [0.2, 0.25) is 11.9 Å². The molecule has 0 bridgehead atoms. The van der Waals surface area contributed by atoms with Crippen LogP contribution >= 0.6 is 0 Å². The first-order valence-electron chi connectivity index (χ1n) is 14.8. The first-order chi connectivity index (χ1) is 22.0. The zero-order valence-corrected chi connectivity index (χ0v) is 26.2. The number of pyridine rings is 3. The Morgan fingerprint density at radius 1 is 0.522 bits per heavy atom. The van der Waals surface area contributed by atoms with Gasteiger partial charge in [0.05, 0.1) is 16.6 Å². The molecule has 0 saturated heterocycles. The van der Waals surface area contributed by atoms with Crippen molar-refractivity contribution in [3.63, 3.8) is 0 Å². The molecule has 3 aromatic carbocycles. The number of nitrogen functional groups attached to an aromatic ring is 3. The Labute approximate surface area is 265 Å². The maximum absolute atomic E-state index is 6.47. The quantitative estimate of drug-likeness (QED) is 0.199. The number of anilines is 7. The van der Waals surface area contributed by atoms with E-state index in [1.807, 2.05) is 106 Å². The highest BCUT2D eigenvalue weighted by atomic mass is 15.3. The molecule has 11 nitrogen and oxygen atoms in total. The summed E-state index contributed by atoms with van der Waals surface area (Å²) in [5, 5.41) is 2.59. The Morgan fingerprint density at radius 2 is 1.04 bits per heavy atom. The summed E-state index contributed by atoms with van der Waals surface area (Å²) in [4.78, 5) is 32.2. The van der Waals surface area contributed by atoms with Gasteiger partial charge in [-0.05, 0) is 93.6 Å². The highest BCUT2D eigenvalue weighted by molar-refractivity contribution is 5.98. The van der Waals surface area contributed by atoms with Crippen LogP contribution in [0, 0.1) is 20.8 Å². The maximum atomic E-state index is 6.47. The number of benzene rings is 3. The monoisotopic (exact) mass is 607 g/mol. The van der Waals surface area contributed by atoms with Gasteiger partial charge < -0.3 is 22.1 Å². The average molecular weight is 608 g/mol. The molecule has 0 spiro atoms. The fraction of sp³-hybridized carbons (Fsp3) is 0.143. The van der Waals surface area contributed by atoms with E-state index in [9.17, 15) is 0 Å². The van der Waals surface area contributed by atoms with Crippen molar-refractivity contribution in [2.45, 2.75) is 20.8 Å². The van der Waals surface area contributed by atoms with Crippen LogP contribution in [0.1, 0.15) is 17.1 Å². The van der Waals surface area contributed by atoms with Crippen LogP contribution in [0.2, 0.25) is 0 Å². The number of hydrogen-bond acceptors (Lipinski definition) is 11. The summed E-state index contributed by atoms with van der Waals surface area (Å²) in [5.74, 6) is 0.832. The molecule has 0 atom stereocenters. The van der Waals surface area contributed by atoms with E-state index in [1.165, 1.54) is 0 Å². The van der Waals surface area contributed by atoms with Crippen molar-refractivity contribution < 1.29 is 0 Å². The Hall–Kier alpha value is -6.10. The van der Waals surface area contributed by atoms with Crippen molar-refractivity contribution in [2.75, 3.05) is 41.1 Å². The Morgan fingerprint density at radius 3 is 1.61 bits per heavy atom. The lowest BCUT2D eigenvalue weighted by molar-refractivity contribution is 1.03. The van der Waals surface area contributed by atoms with Crippen LogP contribution in [0.25, 0.3) is 44.1 Å². The van der Waals surface area contributed by atoms with Crippen LogP contribution < -0.4 is 27.0 Å². The van der Waals surface area contributed by atoms with Crippen molar-refractivity contribution in [3.05, 3.63) is 89.9 Å². The van der Waals surface area contributed by atoms with Crippen LogP contribution in [-0.2, 0) is 0 Å². The molecule has 4 aromatic heterocycles. The molecule has 0 fully saturated rings. The molecule has 228 valence electrons. The van der Waals surface area contributed by atoms with Gasteiger partial charge in [-0.25, -0.2) is 0 Å². The van der Waals surface area contributed by atoms with Crippen molar-refractivity contribution in [3.8, 4) is 11.4 Å². The molecular weight excluding hydrogens is 574 g/mol. The zero-order chi connectivity index (χ0) is 32.3. The highest BCUT2D eigenvalue weighted by Gasteiger charge is 2.21. The molecule has 0 radical (unpaired) electrons. The fourth-order valence-corrected chi connectivity index (χ4v) is 5.87. The van der Waals surface area contributed by atoms with Crippen molar-refractivity contribution >= 4 is 73.0 Å². The third-order valence-corrected chi connectivity index (χ3v) is 7.92. The number of aromatic nitrogens is 6. The van der Waals surface area contributed by atoms with Crippen LogP contribution in [0.3, 0.4) is 0 Å². The number of aryl methyl sites for hydroxylation is 3. The molecule has 7 aromatic rings. The van der Waals surface area contributed by atoms with Gasteiger partial charge >= 0.3 is 0 Å². The summed E-state index contributed by atoms with van der Waals surface area (Å²) in [6, 6.07) is 23.5. The summed E-state index contributed by atoms with van der Waals surface area (Å²) < 4.78 is 0. The molecule has 0 unspecified atom stereocenters. The minimum Gasteiger partial charge on any atom is -0.398 e. The normalized spacial score (nSPS) is 11.4. The second-order valence-electron chi connectivity index (χ2n) is 11.7. The van der Waals surface area contributed by atoms with E-state index in [4.69, 9.17) is 27.2 Å². The van der Waals surface area contributed by atoms with Gasteiger partial charge in [0.1, 0.15) is 0 Å². The molecule has 46 heavy (non-hydrogen) atoms. The van der Waals surface area contributed by atoms with Gasteiger partial charge in [0.15, 0.2) is 5.82 Å². The van der Waals surface area contributed by atoms with Crippen LogP contribution in [-0.4, -0.2) is 44.0 Å². The lowest BCUT2D eigenvalue weighted by Crippen LogP contribution is -2.16. The van der Waals surface area contributed by atoms with Gasteiger partial charge in [-0.1, -0.05) is 0 Å². The Bertz CT molecular complexity index is 2240. The lowest BCUT2D eigenvalue weighted by atomic mass is 10.1. The molecular formula is C35H33N11. The van der Waals surface area contributed by atoms with Crippen molar-refractivity contribution in [2.24, 2.45) is 0 Å². The van der Waals surface area contributed by atoms with Gasteiger partial charge in [-0.2, -0.15) is 15.0 Å². The van der Waals surface area contributed by atoms with Crippen molar-refractivity contribution in [1.29, 1.82) is 0 Å². The van der Waals surface area contributed by atoms with Crippen molar-refractivity contribution in [1.82, 2.24) is 29.9 Å². The second kappa shape index (κ2) is 10.8. The lowest BCUT2D eigenvalue weighted by Gasteiger charge is -2.24. The maximum Gasteiger partial charge on any atom is 0.239 e. The minimum atomic E-state index is 0.0788. The molecule has 0 aliphatic rings. The molecule has 0 aliphatic heterocycles. The molecule has 4 heterocycles. The van der Waals surface area contributed by atoms with E-state index in [0.717, 1.165) is 72.4 Å². The van der Waals surface area contributed by atoms with Crippen LogP contribution in [0.15, 0.2) is 72.8 Å². The van der Waals surface area contributed by atoms with E-state index < -0.39 is 0 Å². The molecule has 6 N–H and O–H groups in total. The van der Waals surface area contributed by atoms with E-state index in [-0.39, 0.29) is 5.95 Å². The first kappa shape index (κ1) is 28.7. The van der Waals surface area contributed by atoms with Gasteiger partial charge in [0, 0.05) is 81.3 Å². The summed E-state index contributed by atoms with van der Waals surface area (Å²) in [5.41, 5.74) is 29.0. The standard InChI is InChI=1S/C35H33N11/c1-18-12-27(36)24-16-22(7-10-29(24)39-18)46(23-8-11-30-25(17-23)28(37)13-19(2)40-30)35-43-33(42-34(38)44-35)21-6-9-31-26(15-21)32(45(4)5)14-20(3)41-31/h6-17H,1-5H3,(H2,36,39)(H2,37,40)(H2,38,42,43,44). The van der Waals surface area contributed by atoms with Crippen LogP contribution in [0.5, 0.6) is 0 Å². The predicted octanol–water partition coefficient (Wildman–Crippen LogP) is 6.39. The summed E-state index contributed by atoms with van der Waals surface area (Å²) in [7, 11) is 4.02. The Kier molecular flexibility index (Phi) is 6.73. The summed E-state index contributed by atoms with van der Waals surface area (Å²) in [6.45, 7) is 5.83. The molecule has 0 amide bonds. The number of hydrogen-bond donors (Lipinski definition) is 3. The van der Waals surface area contributed by atoms with E-state index in [1.54, 1.807) is 0 Å². The average Bonchev–Trinajstić information content (AvgIpc) is 3.00. The first-order valence-corrected chi connectivity index (χ1v) is 14.8. The number of nitrogens with zero attached hydrogens (tertiary/aromatic N) is 8. The molecule has 0 saturated carbocycles. The van der Waals surface area contributed by atoms with Gasteiger partial charge in [0.25, 0.3) is 0 Å². The summed E-state index contributed by atoms with van der Waals surface area (Å²) in [6.07, 6.45) is 0. The molecule has 11 heteroatoms. The van der Waals surface area contributed by atoms with Crippen LogP contribution in [0.4, 0.5) is 40.3 Å². The van der Waals surface area contributed by atoms with Gasteiger partial charge in [-0.3, -0.25) is 19.9 Å². The Balaban J connectivity index is 1.45. The SMILES string of the molecule is Cc1cc(N)c2cc(N(c3ccc4nc(C)cc(N)c4c3)c3nc(N)nc(-c4ccc5nc(C)cc(N(C)C)c5c4)n3)ccc2n1. The number of nitrogens with two attached hydrogens (primary N) is 3. The topological polar surface area (TPSA) is 162 Å². The molecule has 0 aliphatic carbocycles. The second-order valence-corrected chi connectivity index (χ2v) is 11.7. The third-order valence-electron chi connectivity index (χ3n) is 7.92. The third kappa shape index (κ3) is 5.07. The largest absolute Gasteiger partial charge is 0.398 e. The highest BCUT2D eigenvalue weighted by Crippen LogP contribution is 2.38.